The number of aromatic nitrogens is 2. The van der Waals surface area contributed by atoms with E-state index in [0.717, 1.165) is 0 Å². The molecule has 0 fully saturated rings. The molecule has 0 saturated carbocycles. The van der Waals surface area contributed by atoms with Gasteiger partial charge in [-0.25, -0.2) is 4.98 Å². The van der Waals surface area contributed by atoms with Gasteiger partial charge in [0.15, 0.2) is 0 Å². The quantitative estimate of drug-likeness (QED) is 0.845. The Labute approximate surface area is 99.5 Å². The van der Waals surface area contributed by atoms with Gasteiger partial charge in [-0.1, -0.05) is 6.07 Å². The molecule has 2 N–H and O–H groups in total. The first-order valence-electron chi connectivity index (χ1n) is 5.20. The lowest BCUT2D eigenvalue weighted by atomic mass is 10.3. The second kappa shape index (κ2) is 4.29. The number of anilines is 2. The van der Waals surface area contributed by atoms with Crippen LogP contribution in [0.3, 0.4) is 0 Å². The summed E-state index contributed by atoms with van der Waals surface area (Å²) in [5, 5.41) is 0. The van der Waals surface area contributed by atoms with Crippen LogP contribution in [0.4, 0.5) is 11.5 Å². The number of pyridine rings is 1. The second-order valence-corrected chi connectivity index (χ2v) is 3.82. The molecule has 5 heteroatoms. The lowest BCUT2D eigenvalue weighted by Crippen LogP contribution is -2.28. The van der Waals surface area contributed by atoms with Gasteiger partial charge in [-0.15, -0.1) is 0 Å². The molecule has 2 rings (SSSR count). The van der Waals surface area contributed by atoms with Crippen molar-refractivity contribution in [2.45, 2.75) is 0 Å². The topological polar surface area (TPSA) is 64.2 Å². The number of carbonyl (C=O) groups excluding carboxylic acids is 1. The van der Waals surface area contributed by atoms with Crippen molar-refractivity contribution in [3.8, 4) is 0 Å². The van der Waals surface area contributed by atoms with Crippen molar-refractivity contribution in [3.63, 3.8) is 0 Å². The predicted molar refractivity (Wildman–Crippen MR) is 66.8 cm³/mol. The monoisotopic (exact) mass is 230 g/mol. The largest absolute Gasteiger partial charge is 0.397 e. The highest BCUT2D eigenvalue weighted by Crippen LogP contribution is 2.14. The van der Waals surface area contributed by atoms with Crippen molar-refractivity contribution in [1.82, 2.24) is 9.55 Å². The van der Waals surface area contributed by atoms with Crippen LogP contribution >= 0.6 is 0 Å². The van der Waals surface area contributed by atoms with E-state index in [4.69, 9.17) is 5.73 Å². The van der Waals surface area contributed by atoms with Gasteiger partial charge in [0.05, 0.1) is 5.69 Å². The van der Waals surface area contributed by atoms with Crippen molar-refractivity contribution in [2.24, 2.45) is 7.05 Å². The van der Waals surface area contributed by atoms with Gasteiger partial charge in [0.2, 0.25) is 0 Å². The van der Waals surface area contributed by atoms with E-state index < -0.39 is 0 Å². The zero-order chi connectivity index (χ0) is 12.4. The van der Waals surface area contributed by atoms with Gasteiger partial charge in [-0.2, -0.15) is 0 Å². The maximum Gasteiger partial charge on any atom is 0.275 e. The molecule has 5 nitrogen and oxygen atoms in total. The second-order valence-electron chi connectivity index (χ2n) is 3.82. The van der Waals surface area contributed by atoms with Gasteiger partial charge in [0.1, 0.15) is 11.5 Å². The Morgan fingerprint density at radius 3 is 2.76 bits per heavy atom. The van der Waals surface area contributed by atoms with Crippen LogP contribution in [0.15, 0.2) is 36.7 Å². The number of hydrogen-bond acceptors (Lipinski definition) is 3. The number of nitrogens with zero attached hydrogens (tertiary/aromatic N) is 3. The molecule has 0 spiro atoms. The number of nitrogen functional groups attached to an aromatic ring is 1. The van der Waals surface area contributed by atoms with Crippen molar-refractivity contribution in [1.29, 1.82) is 0 Å². The summed E-state index contributed by atoms with van der Waals surface area (Å²) in [4.78, 5) is 17.8. The summed E-state index contributed by atoms with van der Waals surface area (Å²) in [6, 6.07) is 7.08. The van der Waals surface area contributed by atoms with Crippen molar-refractivity contribution in [2.75, 3.05) is 17.7 Å². The Balaban J connectivity index is 2.30. The first kappa shape index (κ1) is 11.2. The molecular formula is C12H14N4O. The van der Waals surface area contributed by atoms with Gasteiger partial charge >= 0.3 is 0 Å². The summed E-state index contributed by atoms with van der Waals surface area (Å²) in [6.07, 6.45) is 3.36. The van der Waals surface area contributed by atoms with E-state index in [1.54, 1.807) is 43.2 Å². The van der Waals surface area contributed by atoms with E-state index in [0.29, 0.717) is 17.2 Å². The molecule has 2 aromatic rings. The smallest absolute Gasteiger partial charge is 0.275 e. The van der Waals surface area contributed by atoms with E-state index in [1.165, 1.54) is 4.90 Å². The SMILES string of the molecule is CN(C(=O)c1cc(N)cn1C)c1ccccn1. The Hall–Kier alpha value is -2.30. The summed E-state index contributed by atoms with van der Waals surface area (Å²) in [6.45, 7) is 0. The first-order valence-corrected chi connectivity index (χ1v) is 5.20. The van der Waals surface area contributed by atoms with Gasteiger partial charge in [-0.3, -0.25) is 9.69 Å². The Morgan fingerprint density at radius 2 is 2.24 bits per heavy atom. The molecule has 1 amide bonds. The van der Waals surface area contributed by atoms with Crippen LogP contribution in [0.2, 0.25) is 0 Å². The highest BCUT2D eigenvalue weighted by atomic mass is 16.2. The van der Waals surface area contributed by atoms with E-state index in [-0.39, 0.29) is 5.91 Å². The molecule has 0 saturated heterocycles. The van der Waals surface area contributed by atoms with E-state index in [1.807, 2.05) is 12.1 Å². The van der Waals surface area contributed by atoms with Gasteiger partial charge in [0.25, 0.3) is 5.91 Å². The van der Waals surface area contributed by atoms with Crippen molar-refractivity contribution >= 4 is 17.4 Å². The summed E-state index contributed by atoms with van der Waals surface area (Å²) in [5.41, 5.74) is 6.76. The van der Waals surface area contributed by atoms with Crippen LogP contribution in [0.25, 0.3) is 0 Å². The molecule has 0 unspecified atom stereocenters. The molecule has 0 aliphatic carbocycles. The molecule has 88 valence electrons. The summed E-state index contributed by atoms with van der Waals surface area (Å²) >= 11 is 0. The molecule has 0 aliphatic heterocycles. The molecule has 0 aromatic carbocycles. The number of rotatable bonds is 2. The average Bonchev–Trinajstić information content (AvgIpc) is 2.68. The highest BCUT2D eigenvalue weighted by Gasteiger charge is 2.17. The molecule has 17 heavy (non-hydrogen) atoms. The van der Waals surface area contributed by atoms with Crippen LogP contribution in [-0.4, -0.2) is 22.5 Å². The van der Waals surface area contributed by atoms with E-state index in [2.05, 4.69) is 4.98 Å². The fraction of sp³-hybridized carbons (Fsp3) is 0.167. The molecule has 0 aliphatic rings. The minimum Gasteiger partial charge on any atom is -0.397 e. The maximum absolute atomic E-state index is 12.2. The van der Waals surface area contributed by atoms with Crippen LogP contribution in [0.5, 0.6) is 0 Å². The summed E-state index contributed by atoms with van der Waals surface area (Å²) in [7, 11) is 3.48. The molecule has 0 bridgehead atoms. The minimum absolute atomic E-state index is 0.136. The zero-order valence-electron chi connectivity index (χ0n) is 9.79. The fourth-order valence-corrected chi connectivity index (χ4v) is 1.63. The molecule has 0 atom stereocenters. The first-order chi connectivity index (χ1) is 8.09. The van der Waals surface area contributed by atoms with Gasteiger partial charge < -0.3 is 10.3 Å². The highest BCUT2D eigenvalue weighted by molar-refractivity contribution is 6.04. The van der Waals surface area contributed by atoms with E-state index in [9.17, 15) is 4.79 Å². The number of carbonyl (C=O) groups is 1. The molecular weight excluding hydrogens is 216 g/mol. The molecule has 2 aromatic heterocycles. The lowest BCUT2D eigenvalue weighted by Gasteiger charge is -2.16. The third-order valence-corrected chi connectivity index (χ3v) is 2.54. The van der Waals surface area contributed by atoms with Crippen molar-refractivity contribution in [3.05, 3.63) is 42.4 Å². The Bertz CT molecular complexity index is 533. The number of amides is 1. The summed E-state index contributed by atoms with van der Waals surface area (Å²) in [5.74, 6) is 0.472. The standard InChI is InChI=1S/C12H14N4O/c1-15-8-9(13)7-10(15)12(17)16(2)11-5-3-4-6-14-11/h3-8H,13H2,1-2H3. The summed E-state index contributed by atoms with van der Waals surface area (Å²) < 4.78 is 1.71. The Morgan fingerprint density at radius 1 is 1.47 bits per heavy atom. The van der Waals surface area contributed by atoms with Gasteiger partial charge in [-0.05, 0) is 18.2 Å². The number of hydrogen-bond donors (Lipinski definition) is 1. The Kier molecular flexibility index (Phi) is 2.82. The van der Waals surface area contributed by atoms with Crippen LogP contribution < -0.4 is 10.6 Å². The minimum atomic E-state index is -0.136. The lowest BCUT2D eigenvalue weighted by molar-refractivity contribution is 0.0984. The van der Waals surface area contributed by atoms with Crippen molar-refractivity contribution < 1.29 is 4.79 Å². The molecule has 2 heterocycles. The van der Waals surface area contributed by atoms with Gasteiger partial charge in [0, 0.05) is 26.5 Å². The van der Waals surface area contributed by atoms with Crippen LogP contribution in [-0.2, 0) is 7.05 Å². The van der Waals surface area contributed by atoms with Crippen LogP contribution in [0.1, 0.15) is 10.5 Å². The normalized spacial score (nSPS) is 10.2. The average molecular weight is 230 g/mol. The maximum atomic E-state index is 12.2. The zero-order valence-corrected chi connectivity index (χ0v) is 9.79. The third kappa shape index (κ3) is 2.13. The third-order valence-electron chi connectivity index (χ3n) is 2.54. The predicted octanol–water partition coefficient (Wildman–Crippen LogP) is 1.28. The molecule has 0 radical (unpaired) electrons. The van der Waals surface area contributed by atoms with Crippen LogP contribution in [0, 0.1) is 0 Å². The number of aryl methyl sites for hydroxylation is 1. The fourth-order valence-electron chi connectivity index (χ4n) is 1.63. The van der Waals surface area contributed by atoms with E-state index >= 15 is 0 Å². The number of nitrogens with two attached hydrogens (primary N) is 1.